The van der Waals surface area contributed by atoms with Gasteiger partial charge in [-0.1, -0.05) is 232 Å². The Balaban J connectivity index is -0.000000217. The number of aliphatic hydroxyl groups excluding tert-OH is 1. The Bertz CT molecular complexity index is 2790. The van der Waals surface area contributed by atoms with Crippen molar-refractivity contribution in [3.63, 3.8) is 0 Å². The van der Waals surface area contributed by atoms with Crippen molar-refractivity contribution >= 4 is 41.7 Å². The second kappa shape index (κ2) is 48.0. The van der Waals surface area contributed by atoms with E-state index in [0.717, 1.165) is 37.2 Å². The van der Waals surface area contributed by atoms with Crippen LogP contribution in [0.15, 0.2) is 97.1 Å². The molecule has 0 amide bonds. The van der Waals surface area contributed by atoms with Crippen molar-refractivity contribution in [2.24, 2.45) is 21.7 Å². The molecule has 0 radical (unpaired) electrons. The van der Waals surface area contributed by atoms with E-state index in [1.165, 1.54) is 50.7 Å². The van der Waals surface area contributed by atoms with Gasteiger partial charge in [-0.25, -0.2) is 18.3 Å². The molecule has 4 rings (SSSR count). The SMILES string of the molecule is C.C.C.C.C.C.CC(C)(C)CC(C)(C)c1ccc(OCCO)cc1.CC(C)(C)CC(C)(C)c1ccc(OCCOP(=O)(O)O)cc1.CC(C)(C)CC(C)(C)c1ccc(OCCOP(=O)(O)O)cc1.COP(=O)(Cl)OC.COP(=O)(OC)OCCOc1ccc(C(C)(C)CC(C)(C)C)cc1. The highest BCUT2D eigenvalue weighted by atomic mass is 35.7. The molecule has 0 aliphatic heterocycles. The lowest BCUT2D eigenvalue weighted by Crippen LogP contribution is -2.24. The number of halogens is 1. The summed E-state index contributed by atoms with van der Waals surface area (Å²) in [5.74, 6) is 2.88. The van der Waals surface area contributed by atoms with Crippen LogP contribution in [0.3, 0.4) is 0 Å². The van der Waals surface area contributed by atoms with Crippen LogP contribution in [0.25, 0.3) is 0 Å². The highest BCUT2D eigenvalue weighted by Crippen LogP contribution is 2.51. The van der Waals surface area contributed by atoms with Crippen LogP contribution in [0.4, 0.5) is 0 Å². The lowest BCUT2D eigenvalue weighted by Gasteiger charge is -2.33. The van der Waals surface area contributed by atoms with Crippen LogP contribution < -0.4 is 18.9 Å². The van der Waals surface area contributed by atoms with Crippen LogP contribution in [0.2, 0.25) is 0 Å². The van der Waals surface area contributed by atoms with Gasteiger partial charge in [0.05, 0.1) is 26.4 Å². The average Bonchev–Trinajstić information content (AvgIpc) is 0.848. The van der Waals surface area contributed by atoms with Gasteiger partial charge in [0, 0.05) is 39.7 Å². The van der Waals surface area contributed by atoms with Crippen molar-refractivity contribution in [3.8, 4) is 23.0 Å². The Morgan fingerprint density at radius 2 is 0.505 bits per heavy atom. The zero-order valence-corrected chi connectivity index (χ0v) is 64.6. The molecule has 4 aromatic rings. The summed E-state index contributed by atoms with van der Waals surface area (Å²) in [6.45, 7) is 42.4. The largest absolute Gasteiger partial charge is 0.491 e. The Kier molecular flexibility index (Phi) is 53.0. The van der Waals surface area contributed by atoms with Crippen molar-refractivity contribution in [2.45, 2.75) is 230 Å². The first-order chi connectivity index (χ1) is 42.2. The maximum absolute atomic E-state index is 11.7. The van der Waals surface area contributed by atoms with Crippen molar-refractivity contribution in [3.05, 3.63) is 119 Å². The Labute approximate surface area is 607 Å². The maximum Gasteiger partial charge on any atom is 0.474 e. The fourth-order valence-corrected chi connectivity index (χ4v) is 12.5. The lowest BCUT2D eigenvalue weighted by molar-refractivity contribution is 0.130. The standard InChI is InChI=1S/C18H31O5P.2C16H27O5P.C16H26O2.C2H6ClO3P.6CH4/c1-17(2,3)14-18(4,5)15-8-10-16(11-9-15)22-12-13-23-24(19,20-6)21-7;2*1-15(2,3)12-16(4,5)13-6-8-14(9-7-13)20-10-11-21-22(17,18)19;1-15(2,3)12-16(4,5)13-6-8-14(9-7-13)18-11-10-17;1-5-7(3,4)6-2;;;;;;/h8-11H,12-14H2,1-7H3;2*6-9H,10-12H2,1-5H3,(H2,17,18,19);6-9,17H,10-12H2,1-5H3;1-2H3;6*1H4. The molecule has 0 aromatic heterocycles. The van der Waals surface area contributed by atoms with Gasteiger partial charge in [0.1, 0.15) is 49.4 Å². The molecule has 0 heterocycles. The first-order valence-corrected chi connectivity index (χ1v) is 37.8. The second-order valence-electron chi connectivity index (χ2n) is 29.8. The van der Waals surface area contributed by atoms with E-state index in [2.05, 4.69) is 190 Å². The highest BCUT2D eigenvalue weighted by molar-refractivity contribution is 7.81. The maximum atomic E-state index is 11.7. The average molecular weight is 1510 g/mol. The molecule has 584 valence electrons. The molecule has 25 heteroatoms. The summed E-state index contributed by atoms with van der Waals surface area (Å²) in [4.78, 5) is 34.3. The van der Waals surface area contributed by atoms with Crippen molar-refractivity contribution in [1.29, 1.82) is 0 Å². The quantitative estimate of drug-likeness (QED) is 0.0240. The number of ether oxygens (including phenoxy) is 4. The first-order valence-electron chi connectivity index (χ1n) is 30.9. The number of hydrogen-bond donors (Lipinski definition) is 5. The molecular formula is C74H141ClO20P4. The van der Waals surface area contributed by atoms with Gasteiger partial charge in [-0.05, 0) is 140 Å². The molecule has 5 N–H and O–H groups in total. The number of benzene rings is 4. The second-order valence-corrected chi connectivity index (χ2v) is 37.0. The van der Waals surface area contributed by atoms with E-state index in [4.69, 9.17) is 59.4 Å². The van der Waals surface area contributed by atoms with Gasteiger partial charge in [-0.3, -0.25) is 22.6 Å². The molecule has 20 nitrogen and oxygen atoms in total. The van der Waals surface area contributed by atoms with Crippen LogP contribution in [-0.2, 0) is 71.6 Å². The molecule has 0 fully saturated rings. The molecule has 99 heavy (non-hydrogen) atoms. The van der Waals surface area contributed by atoms with Gasteiger partial charge in [0.2, 0.25) is 0 Å². The number of phosphoric ester groups is 3. The normalized spacial score (nSPS) is 12.2. The summed E-state index contributed by atoms with van der Waals surface area (Å²) in [6, 6.07) is 31.9. The Morgan fingerprint density at radius 1 is 0.313 bits per heavy atom. The molecular weight excluding hydrogens is 1370 g/mol. The molecule has 0 aliphatic carbocycles. The monoisotopic (exact) mass is 1510 g/mol. The zero-order valence-electron chi connectivity index (χ0n) is 60.2. The van der Waals surface area contributed by atoms with Crippen LogP contribution in [0, 0.1) is 21.7 Å². The molecule has 0 bridgehead atoms. The third-order valence-electron chi connectivity index (χ3n) is 13.5. The topological polar surface area (TPSA) is 271 Å². The highest BCUT2D eigenvalue weighted by Gasteiger charge is 2.31. The number of hydrogen-bond acceptors (Lipinski definition) is 16. The van der Waals surface area contributed by atoms with Crippen LogP contribution in [0.1, 0.15) is 231 Å². The van der Waals surface area contributed by atoms with Gasteiger partial charge in [0.15, 0.2) is 0 Å². The third-order valence-corrected chi connectivity index (χ3v) is 17.6. The van der Waals surface area contributed by atoms with Gasteiger partial charge < -0.3 is 52.7 Å². The van der Waals surface area contributed by atoms with Gasteiger partial charge in [0.25, 0.3) is 0 Å². The van der Waals surface area contributed by atoms with Crippen LogP contribution in [0.5, 0.6) is 23.0 Å². The van der Waals surface area contributed by atoms with E-state index < -0.39 is 30.4 Å². The first kappa shape index (κ1) is 109. The van der Waals surface area contributed by atoms with Gasteiger partial charge >= 0.3 is 30.4 Å². The summed E-state index contributed by atoms with van der Waals surface area (Å²) in [5.41, 5.74) is 6.57. The van der Waals surface area contributed by atoms with E-state index in [-0.39, 0.29) is 129 Å². The van der Waals surface area contributed by atoms with E-state index in [0.29, 0.717) is 23.5 Å². The molecule has 0 saturated carbocycles. The summed E-state index contributed by atoms with van der Waals surface area (Å²) >= 11 is 5.02. The number of phosphoric acid groups is 3. The molecule has 4 aromatic carbocycles. The fourth-order valence-electron chi connectivity index (χ4n) is 11.1. The summed E-state index contributed by atoms with van der Waals surface area (Å²) in [5, 5.41) is 8.71. The van der Waals surface area contributed by atoms with Gasteiger partial charge in [-0.2, -0.15) is 0 Å². The third kappa shape index (κ3) is 52.4. The van der Waals surface area contributed by atoms with E-state index >= 15 is 0 Å². The molecule has 0 saturated heterocycles. The molecule has 0 aliphatic rings. The van der Waals surface area contributed by atoms with Crippen LogP contribution in [-0.4, -0.2) is 106 Å². The lowest BCUT2D eigenvalue weighted by atomic mass is 9.72. The van der Waals surface area contributed by atoms with Gasteiger partial charge in [-0.15, -0.1) is 0 Å². The zero-order chi connectivity index (χ0) is 72.2. The minimum Gasteiger partial charge on any atom is -0.491 e. The van der Waals surface area contributed by atoms with E-state index in [1.807, 2.05) is 72.8 Å². The van der Waals surface area contributed by atoms with E-state index in [9.17, 15) is 18.3 Å². The van der Waals surface area contributed by atoms with Crippen LogP contribution >= 0.6 is 41.7 Å². The fraction of sp³-hybridized carbons (Fsp3) is 0.676. The molecule has 0 unspecified atom stereocenters. The summed E-state index contributed by atoms with van der Waals surface area (Å²) in [7, 11) is -7.27. The molecule has 0 spiro atoms. The number of rotatable bonds is 30. The summed E-state index contributed by atoms with van der Waals surface area (Å²) < 4.78 is 96.3. The minimum absolute atomic E-state index is 0. The smallest absolute Gasteiger partial charge is 0.474 e. The Morgan fingerprint density at radius 3 is 0.657 bits per heavy atom. The predicted octanol–water partition coefficient (Wildman–Crippen LogP) is 22.2. The van der Waals surface area contributed by atoms with Crippen molar-refractivity contribution in [2.75, 3.05) is 81.3 Å². The minimum atomic E-state index is -4.42. The van der Waals surface area contributed by atoms with E-state index in [1.54, 1.807) is 0 Å². The number of aliphatic hydroxyl groups is 1. The summed E-state index contributed by atoms with van der Waals surface area (Å²) in [6.07, 6.45) is 4.36. The van der Waals surface area contributed by atoms with Crippen molar-refractivity contribution < 1.29 is 93.6 Å². The Hall–Kier alpha value is -3.19. The predicted molar refractivity (Wildman–Crippen MR) is 415 cm³/mol. The molecule has 0 atom stereocenters. The van der Waals surface area contributed by atoms with Crippen molar-refractivity contribution in [1.82, 2.24) is 0 Å².